The van der Waals surface area contributed by atoms with E-state index in [2.05, 4.69) is 46.9 Å². The van der Waals surface area contributed by atoms with Crippen molar-refractivity contribution in [3.63, 3.8) is 0 Å². The molecule has 2 unspecified atom stereocenters. The second-order valence-electron chi connectivity index (χ2n) is 5.69. The molecule has 2 atom stereocenters. The Labute approximate surface area is 114 Å². The van der Waals surface area contributed by atoms with Crippen molar-refractivity contribution in [2.75, 3.05) is 25.5 Å². The first kappa shape index (κ1) is 12.5. The summed E-state index contributed by atoms with van der Waals surface area (Å²) in [6.07, 6.45) is 3.45. The monoisotopic (exact) mass is 258 g/mol. The number of hydrogen-bond acceptors (Lipinski definition) is 3. The maximum Gasteiger partial charge on any atom is 0.152 e. The molecule has 1 aliphatic carbocycles. The van der Waals surface area contributed by atoms with Crippen LogP contribution in [0.5, 0.6) is 0 Å². The molecule has 4 nitrogen and oxygen atoms in total. The van der Waals surface area contributed by atoms with Crippen LogP contribution in [-0.2, 0) is 6.54 Å². The predicted molar refractivity (Wildman–Crippen MR) is 78.5 cm³/mol. The lowest BCUT2D eigenvalue weighted by Crippen LogP contribution is -2.23. The Hall–Kier alpha value is -1.55. The van der Waals surface area contributed by atoms with Crippen LogP contribution in [0.1, 0.15) is 19.0 Å². The summed E-state index contributed by atoms with van der Waals surface area (Å²) in [5.41, 5.74) is 2.27. The summed E-state index contributed by atoms with van der Waals surface area (Å²) in [7, 11) is 4.14. The van der Waals surface area contributed by atoms with E-state index >= 15 is 0 Å². The third kappa shape index (κ3) is 2.32. The van der Waals surface area contributed by atoms with Crippen LogP contribution < -0.4 is 10.2 Å². The number of imidazole rings is 1. The van der Waals surface area contributed by atoms with Crippen LogP contribution >= 0.6 is 0 Å². The number of pyridine rings is 1. The Kier molecular flexibility index (Phi) is 3.19. The van der Waals surface area contributed by atoms with Crippen LogP contribution in [0, 0.1) is 11.8 Å². The van der Waals surface area contributed by atoms with Gasteiger partial charge in [-0.25, -0.2) is 4.98 Å². The van der Waals surface area contributed by atoms with Crippen LogP contribution in [0.3, 0.4) is 0 Å². The molecule has 0 saturated heterocycles. The van der Waals surface area contributed by atoms with Crippen molar-refractivity contribution in [3.8, 4) is 0 Å². The topological polar surface area (TPSA) is 32.6 Å². The molecule has 4 heteroatoms. The highest BCUT2D eigenvalue weighted by Crippen LogP contribution is 2.39. The molecule has 19 heavy (non-hydrogen) atoms. The van der Waals surface area contributed by atoms with Gasteiger partial charge < -0.3 is 14.6 Å². The first-order chi connectivity index (χ1) is 9.20. The van der Waals surface area contributed by atoms with E-state index in [4.69, 9.17) is 4.98 Å². The molecule has 2 heterocycles. The molecular weight excluding hydrogens is 236 g/mol. The van der Waals surface area contributed by atoms with Crippen LogP contribution in [-0.4, -0.2) is 30.0 Å². The van der Waals surface area contributed by atoms with Gasteiger partial charge in [0.2, 0.25) is 0 Å². The minimum absolute atomic E-state index is 0.838. The van der Waals surface area contributed by atoms with Gasteiger partial charge in [0.25, 0.3) is 0 Å². The zero-order valence-corrected chi connectivity index (χ0v) is 11.9. The molecule has 0 amide bonds. The molecule has 1 N–H and O–H groups in total. The molecule has 1 saturated carbocycles. The van der Waals surface area contributed by atoms with Crippen molar-refractivity contribution in [3.05, 3.63) is 30.1 Å². The van der Waals surface area contributed by atoms with Crippen molar-refractivity contribution in [1.82, 2.24) is 14.7 Å². The van der Waals surface area contributed by atoms with Gasteiger partial charge in [0.05, 0.1) is 5.69 Å². The molecule has 0 radical (unpaired) electrons. The van der Waals surface area contributed by atoms with Crippen LogP contribution in [0.15, 0.2) is 24.4 Å². The second-order valence-corrected chi connectivity index (χ2v) is 5.69. The number of fused-ring (bicyclic) bond motifs is 1. The lowest BCUT2D eigenvalue weighted by atomic mass is 10.3. The third-order valence-electron chi connectivity index (χ3n) is 4.10. The van der Waals surface area contributed by atoms with E-state index in [1.807, 2.05) is 13.1 Å². The number of rotatable bonds is 5. The van der Waals surface area contributed by atoms with Gasteiger partial charge in [-0.15, -0.1) is 0 Å². The third-order valence-corrected chi connectivity index (χ3v) is 4.10. The molecule has 1 fully saturated rings. The second kappa shape index (κ2) is 4.85. The number of nitrogens with one attached hydrogen (secondary N) is 1. The standard InChI is InChI=1S/C15H22N4/c1-11-8-12(11)10-18(3)15-13(9-16-2)19-7-5-4-6-14(19)17-15/h4-7,11-12,16H,8-10H2,1-3H3. The maximum absolute atomic E-state index is 4.79. The number of aromatic nitrogens is 2. The van der Waals surface area contributed by atoms with E-state index in [1.165, 1.54) is 12.1 Å². The molecule has 0 aliphatic heterocycles. The first-order valence-electron chi connectivity index (χ1n) is 7.02. The average molecular weight is 258 g/mol. The summed E-state index contributed by atoms with van der Waals surface area (Å²) >= 11 is 0. The fourth-order valence-electron chi connectivity index (χ4n) is 2.76. The van der Waals surface area contributed by atoms with Gasteiger partial charge in [0, 0.05) is 26.3 Å². The highest BCUT2D eigenvalue weighted by atomic mass is 15.2. The largest absolute Gasteiger partial charge is 0.358 e. The molecule has 1 aliphatic rings. The van der Waals surface area contributed by atoms with E-state index in [1.54, 1.807) is 0 Å². The minimum Gasteiger partial charge on any atom is -0.358 e. The summed E-state index contributed by atoms with van der Waals surface area (Å²) in [5.74, 6) is 2.84. The summed E-state index contributed by atoms with van der Waals surface area (Å²) in [6, 6.07) is 6.16. The lowest BCUT2D eigenvalue weighted by molar-refractivity contribution is 0.710. The Bertz CT molecular complexity index is 575. The summed E-state index contributed by atoms with van der Waals surface area (Å²) in [5, 5.41) is 3.25. The van der Waals surface area contributed by atoms with E-state index in [0.29, 0.717) is 0 Å². The smallest absolute Gasteiger partial charge is 0.152 e. The van der Waals surface area contributed by atoms with Crippen molar-refractivity contribution < 1.29 is 0 Å². The average Bonchev–Trinajstić information content (AvgIpc) is 2.97. The van der Waals surface area contributed by atoms with Crippen molar-refractivity contribution in [2.45, 2.75) is 19.9 Å². The van der Waals surface area contributed by atoms with Gasteiger partial charge in [-0.1, -0.05) is 13.0 Å². The Morgan fingerprint density at radius 2 is 2.26 bits per heavy atom. The SMILES string of the molecule is CNCc1c(N(C)CC2CC2C)nc2ccccn12. The summed E-state index contributed by atoms with van der Waals surface area (Å²) in [6.45, 7) is 4.28. The normalized spacial score (nSPS) is 21.8. The number of nitrogens with zero attached hydrogens (tertiary/aromatic N) is 3. The Balaban J connectivity index is 1.94. The molecular formula is C15H22N4. The molecule has 0 spiro atoms. The number of anilines is 1. The van der Waals surface area contributed by atoms with Crippen LogP contribution in [0.4, 0.5) is 5.82 Å². The zero-order chi connectivity index (χ0) is 13.4. The predicted octanol–water partition coefficient (Wildman–Crippen LogP) is 2.15. The fraction of sp³-hybridized carbons (Fsp3) is 0.533. The van der Waals surface area contributed by atoms with Gasteiger partial charge in [0.1, 0.15) is 5.65 Å². The van der Waals surface area contributed by atoms with E-state index in [0.717, 1.165) is 36.4 Å². The summed E-state index contributed by atoms with van der Waals surface area (Å²) < 4.78 is 2.18. The first-order valence-corrected chi connectivity index (χ1v) is 7.02. The Morgan fingerprint density at radius 1 is 1.47 bits per heavy atom. The lowest BCUT2D eigenvalue weighted by Gasteiger charge is -2.18. The van der Waals surface area contributed by atoms with Gasteiger partial charge in [-0.05, 0) is 37.4 Å². The molecule has 2 aromatic rings. The number of hydrogen-bond donors (Lipinski definition) is 1. The van der Waals surface area contributed by atoms with Crippen molar-refractivity contribution in [1.29, 1.82) is 0 Å². The maximum atomic E-state index is 4.79. The van der Waals surface area contributed by atoms with E-state index in [9.17, 15) is 0 Å². The van der Waals surface area contributed by atoms with Crippen LogP contribution in [0.25, 0.3) is 5.65 Å². The highest BCUT2D eigenvalue weighted by molar-refractivity contribution is 5.55. The van der Waals surface area contributed by atoms with Crippen molar-refractivity contribution >= 4 is 11.5 Å². The molecule has 102 valence electrons. The van der Waals surface area contributed by atoms with Gasteiger partial charge in [-0.2, -0.15) is 0 Å². The van der Waals surface area contributed by atoms with E-state index < -0.39 is 0 Å². The summed E-state index contributed by atoms with van der Waals surface area (Å²) in [4.78, 5) is 7.10. The molecule has 0 aromatic carbocycles. The minimum atomic E-state index is 0.838. The fourth-order valence-corrected chi connectivity index (χ4v) is 2.76. The van der Waals surface area contributed by atoms with Gasteiger partial charge >= 0.3 is 0 Å². The quantitative estimate of drug-likeness (QED) is 0.892. The van der Waals surface area contributed by atoms with E-state index in [-0.39, 0.29) is 0 Å². The molecule has 2 aromatic heterocycles. The highest BCUT2D eigenvalue weighted by Gasteiger charge is 2.34. The van der Waals surface area contributed by atoms with Gasteiger partial charge in [-0.3, -0.25) is 0 Å². The van der Waals surface area contributed by atoms with Crippen LogP contribution in [0.2, 0.25) is 0 Å². The Morgan fingerprint density at radius 3 is 2.95 bits per heavy atom. The molecule has 3 rings (SSSR count). The van der Waals surface area contributed by atoms with Crippen molar-refractivity contribution in [2.24, 2.45) is 11.8 Å². The zero-order valence-electron chi connectivity index (χ0n) is 11.9. The van der Waals surface area contributed by atoms with Gasteiger partial charge in [0.15, 0.2) is 5.82 Å². The molecule has 0 bridgehead atoms.